The monoisotopic (exact) mass is 310 g/mol. The van der Waals surface area contributed by atoms with Gasteiger partial charge in [-0.1, -0.05) is 0 Å². The molecule has 0 spiro atoms. The van der Waals surface area contributed by atoms with E-state index in [0.717, 1.165) is 0 Å². The van der Waals surface area contributed by atoms with Gasteiger partial charge in [-0.05, 0) is 70.1 Å². The lowest BCUT2D eigenvalue weighted by atomic mass is 9.69. The summed E-state index contributed by atoms with van der Waals surface area (Å²) in [6.45, 7) is 1.65. The Labute approximate surface area is 119 Å². The van der Waals surface area contributed by atoms with Gasteiger partial charge in [0.25, 0.3) is 0 Å². The molecule has 0 heterocycles. The predicted molar refractivity (Wildman–Crippen MR) is 74.2 cm³/mol. The Morgan fingerprint density at radius 3 is 1.40 bits per heavy atom. The molecule has 0 aliphatic heterocycles. The van der Waals surface area contributed by atoms with E-state index in [0.29, 0.717) is 51.4 Å². The number of alkyl halides is 2. The number of halogens is 2. The Bertz CT molecular complexity index is 347. The Morgan fingerprint density at radius 1 is 0.850 bits per heavy atom. The van der Waals surface area contributed by atoms with Crippen LogP contribution >= 0.6 is 7.60 Å². The first kappa shape index (κ1) is 16.4. The van der Waals surface area contributed by atoms with Crippen molar-refractivity contribution in [3.05, 3.63) is 0 Å². The summed E-state index contributed by atoms with van der Waals surface area (Å²) in [5.41, 5.74) is 0. The molecule has 0 amide bonds. The average molecular weight is 310 g/mol. The van der Waals surface area contributed by atoms with Gasteiger partial charge >= 0.3 is 7.60 Å². The fraction of sp³-hybridized carbons (Fsp3) is 1.00. The smallest absolute Gasteiger partial charge is 0.324 e. The van der Waals surface area contributed by atoms with Crippen LogP contribution in [0.1, 0.15) is 58.3 Å². The van der Waals surface area contributed by atoms with Crippen molar-refractivity contribution in [2.75, 3.05) is 0 Å². The van der Waals surface area contributed by atoms with Gasteiger partial charge in [0, 0.05) is 0 Å². The summed E-state index contributed by atoms with van der Waals surface area (Å²) in [5.74, 6) is -0.312. The van der Waals surface area contributed by atoms with Crippen molar-refractivity contribution in [1.82, 2.24) is 0 Å². The van der Waals surface area contributed by atoms with Crippen molar-refractivity contribution >= 4 is 7.60 Å². The third kappa shape index (κ3) is 3.10. The maximum Gasteiger partial charge on any atom is 0.331 e. The van der Waals surface area contributed by atoms with E-state index in [-0.39, 0.29) is 11.8 Å². The number of rotatable bonds is 3. The maximum atomic E-state index is 13.3. The summed E-state index contributed by atoms with van der Waals surface area (Å²) in [6.07, 6.45) is 1.98. The van der Waals surface area contributed by atoms with Crippen LogP contribution in [0, 0.1) is 11.8 Å². The molecule has 0 aromatic rings. The van der Waals surface area contributed by atoms with Crippen LogP contribution in [0.5, 0.6) is 0 Å². The molecular formula is C14H25F2O3P. The highest BCUT2D eigenvalue weighted by molar-refractivity contribution is 7.53. The third-order valence-corrected chi connectivity index (χ3v) is 7.58. The first-order valence-corrected chi connectivity index (χ1v) is 9.20. The summed E-state index contributed by atoms with van der Waals surface area (Å²) < 4.78 is 38.7. The van der Waals surface area contributed by atoms with Crippen molar-refractivity contribution < 1.29 is 23.1 Å². The average Bonchev–Trinajstić information content (AvgIpc) is 2.38. The lowest BCUT2D eigenvalue weighted by Crippen LogP contribution is -2.45. The van der Waals surface area contributed by atoms with Crippen LogP contribution in [0.25, 0.3) is 0 Å². The van der Waals surface area contributed by atoms with Gasteiger partial charge in [0.05, 0.1) is 5.16 Å². The van der Waals surface area contributed by atoms with E-state index < -0.39 is 25.1 Å². The Balaban J connectivity index is 2.20. The Kier molecular flexibility index (Phi) is 4.93. The van der Waals surface area contributed by atoms with E-state index >= 15 is 0 Å². The quantitative estimate of drug-likeness (QED) is 0.775. The molecule has 0 saturated heterocycles. The molecule has 2 fully saturated rings. The number of hydrogen-bond acceptors (Lipinski definition) is 1. The summed E-state index contributed by atoms with van der Waals surface area (Å²) in [7, 11) is -4.31. The molecule has 6 heteroatoms. The summed E-state index contributed by atoms with van der Waals surface area (Å²) >= 11 is 0. The minimum Gasteiger partial charge on any atom is -0.324 e. The molecule has 2 aliphatic carbocycles. The Morgan fingerprint density at radius 2 is 1.15 bits per heavy atom. The third-order valence-electron chi connectivity index (χ3n) is 5.59. The zero-order valence-corrected chi connectivity index (χ0v) is 12.9. The lowest BCUT2D eigenvalue weighted by Gasteiger charge is -2.47. The van der Waals surface area contributed by atoms with E-state index in [1.54, 1.807) is 6.92 Å². The van der Waals surface area contributed by atoms with Crippen LogP contribution in [0.2, 0.25) is 0 Å². The molecule has 2 N–H and O–H groups in total. The molecule has 3 nitrogen and oxygen atoms in total. The molecule has 0 unspecified atom stereocenters. The van der Waals surface area contributed by atoms with Crippen LogP contribution < -0.4 is 0 Å². The first-order valence-electron chi connectivity index (χ1n) is 7.59. The van der Waals surface area contributed by atoms with E-state index in [1.165, 1.54) is 0 Å². The molecule has 2 rings (SSSR count). The van der Waals surface area contributed by atoms with Crippen LogP contribution in [0.3, 0.4) is 0 Å². The molecule has 0 atom stereocenters. The van der Waals surface area contributed by atoms with Crippen molar-refractivity contribution in [2.45, 2.75) is 75.8 Å². The molecule has 0 aromatic carbocycles. The fourth-order valence-corrected chi connectivity index (χ4v) is 5.55. The van der Waals surface area contributed by atoms with Gasteiger partial charge in [-0.15, -0.1) is 0 Å². The van der Waals surface area contributed by atoms with Crippen molar-refractivity contribution in [3.8, 4) is 0 Å². The molecule has 20 heavy (non-hydrogen) atoms. The standard InChI is InChI=1S/C14H25F2O3P/c1-14(20(17,18)19,10-2-6-12(15)7-3-10)11-4-8-13(16)9-5-11/h10-13H,2-9H2,1H3,(H2,17,18,19). The molecule has 0 bridgehead atoms. The van der Waals surface area contributed by atoms with Crippen LogP contribution in [-0.2, 0) is 4.57 Å². The number of hydrogen-bond donors (Lipinski definition) is 2. The molecule has 0 aromatic heterocycles. The summed E-state index contributed by atoms with van der Waals surface area (Å²) in [6, 6.07) is 0. The van der Waals surface area contributed by atoms with Gasteiger partial charge in [-0.25, -0.2) is 8.78 Å². The molecule has 0 radical (unpaired) electrons. The minimum atomic E-state index is -4.31. The molecular weight excluding hydrogens is 285 g/mol. The van der Waals surface area contributed by atoms with E-state index in [1.807, 2.05) is 0 Å². The zero-order chi connectivity index (χ0) is 15.0. The molecule has 2 aliphatic rings. The largest absolute Gasteiger partial charge is 0.331 e. The fourth-order valence-electron chi connectivity index (χ4n) is 4.08. The van der Waals surface area contributed by atoms with E-state index in [4.69, 9.17) is 0 Å². The normalized spacial score (nSPS) is 39.2. The predicted octanol–water partition coefficient (Wildman–Crippen LogP) is 3.98. The first-order chi connectivity index (χ1) is 9.25. The molecule has 2 saturated carbocycles. The zero-order valence-electron chi connectivity index (χ0n) is 12.0. The van der Waals surface area contributed by atoms with Gasteiger partial charge in [0.1, 0.15) is 12.3 Å². The van der Waals surface area contributed by atoms with Gasteiger partial charge in [0.15, 0.2) is 0 Å². The SMILES string of the molecule is CC(C1CCC(F)CC1)(C1CCC(F)CC1)P(=O)(O)O. The van der Waals surface area contributed by atoms with Gasteiger partial charge < -0.3 is 9.79 Å². The van der Waals surface area contributed by atoms with Crippen LogP contribution in [0.15, 0.2) is 0 Å². The van der Waals surface area contributed by atoms with E-state index in [2.05, 4.69) is 0 Å². The van der Waals surface area contributed by atoms with Gasteiger partial charge in [-0.2, -0.15) is 0 Å². The summed E-state index contributed by atoms with van der Waals surface area (Å²) in [5, 5.41) is -1.12. The second-order valence-electron chi connectivity index (χ2n) is 6.67. The van der Waals surface area contributed by atoms with Crippen LogP contribution in [0.4, 0.5) is 8.78 Å². The highest BCUT2D eigenvalue weighted by atomic mass is 31.2. The minimum absolute atomic E-state index is 0.156. The molecule has 118 valence electrons. The lowest BCUT2D eigenvalue weighted by molar-refractivity contribution is 0.101. The van der Waals surface area contributed by atoms with Crippen molar-refractivity contribution in [3.63, 3.8) is 0 Å². The van der Waals surface area contributed by atoms with Gasteiger partial charge in [0.2, 0.25) is 0 Å². The van der Waals surface area contributed by atoms with E-state index in [9.17, 15) is 23.1 Å². The highest BCUT2D eigenvalue weighted by Crippen LogP contribution is 2.63. The highest BCUT2D eigenvalue weighted by Gasteiger charge is 2.54. The Hall–Kier alpha value is 0.01000. The van der Waals surface area contributed by atoms with Crippen molar-refractivity contribution in [2.24, 2.45) is 11.8 Å². The maximum absolute atomic E-state index is 13.3. The second kappa shape index (κ2) is 6.02. The summed E-state index contributed by atoms with van der Waals surface area (Å²) in [4.78, 5) is 19.8. The van der Waals surface area contributed by atoms with Crippen LogP contribution in [-0.4, -0.2) is 27.3 Å². The van der Waals surface area contributed by atoms with Crippen molar-refractivity contribution in [1.29, 1.82) is 0 Å². The van der Waals surface area contributed by atoms with Gasteiger partial charge in [-0.3, -0.25) is 4.57 Å². The topological polar surface area (TPSA) is 57.5 Å². The second-order valence-corrected chi connectivity index (χ2v) is 8.72.